The summed E-state index contributed by atoms with van der Waals surface area (Å²) in [6, 6.07) is 27.1. The lowest BCUT2D eigenvalue weighted by atomic mass is 9.76. The van der Waals surface area contributed by atoms with Crippen LogP contribution in [0.1, 0.15) is 55.9 Å². The minimum absolute atomic E-state index is 0.0886. The minimum Gasteiger partial charge on any atom is -0.491 e. The summed E-state index contributed by atoms with van der Waals surface area (Å²) in [5.74, 6) is 1.53. The van der Waals surface area contributed by atoms with Crippen LogP contribution in [0.5, 0.6) is 11.5 Å². The number of nitrogens with zero attached hydrogens (tertiary/aromatic N) is 1. The van der Waals surface area contributed by atoms with Crippen molar-refractivity contribution in [3.8, 4) is 17.6 Å². The van der Waals surface area contributed by atoms with Gasteiger partial charge in [0.15, 0.2) is 0 Å². The number of ether oxygens (including phenoxy) is 2. The van der Waals surface area contributed by atoms with E-state index in [1.807, 2.05) is 36.4 Å². The number of fused-ring (bicyclic) bond motifs is 1. The lowest BCUT2D eigenvalue weighted by Crippen LogP contribution is -2.19. The molecule has 34 heavy (non-hydrogen) atoms. The second-order valence-electron chi connectivity index (χ2n) is 9.87. The molecule has 0 heterocycles. The van der Waals surface area contributed by atoms with E-state index in [2.05, 4.69) is 69.3 Å². The normalized spacial score (nSPS) is 14.9. The van der Waals surface area contributed by atoms with Crippen LogP contribution in [0.4, 0.5) is 0 Å². The smallest absolute Gasteiger partial charge is 0.132 e. The van der Waals surface area contributed by atoms with Crippen molar-refractivity contribution in [3.63, 3.8) is 0 Å². The summed E-state index contributed by atoms with van der Waals surface area (Å²) < 4.78 is 12.6. The van der Waals surface area contributed by atoms with E-state index >= 15 is 0 Å². The van der Waals surface area contributed by atoms with Gasteiger partial charge in [0, 0.05) is 11.6 Å². The molecule has 174 valence electrons. The second-order valence-corrected chi connectivity index (χ2v) is 9.87. The molecule has 3 nitrogen and oxygen atoms in total. The first kappa shape index (κ1) is 23.6. The fraction of sp³-hybridized carbons (Fsp3) is 0.323. The molecule has 1 aliphatic carbocycles. The Hall–Kier alpha value is -3.51. The molecule has 0 spiro atoms. The molecular weight excluding hydrogens is 418 g/mol. The van der Waals surface area contributed by atoms with Crippen LogP contribution >= 0.6 is 0 Å². The van der Waals surface area contributed by atoms with Gasteiger partial charge < -0.3 is 9.47 Å². The molecule has 0 N–H and O–H groups in total. The number of nitriles is 1. The number of hydrogen-bond acceptors (Lipinski definition) is 3. The van der Waals surface area contributed by atoms with Gasteiger partial charge in [0.05, 0.1) is 17.7 Å². The van der Waals surface area contributed by atoms with Crippen molar-refractivity contribution in [2.24, 2.45) is 5.41 Å². The predicted molar refractivity (Wildman–Crippen MR) is 138 cm³/mol. The zero-order valence-corrected chi connectivity index (χ0v) is 20.4. The summed E-state index contributed by atoms with van der Waals surface area (Å²) in [6.07, 6.45) is 6.09. The molecule has 0 radical (unpaired) electrons. The van der Waals surface area contributed by atoms with E-state index in [9.17, 15) is 5.26 Å². The zero-order valence-electron chi connectivity index (χ0n) is 20.4. The van der Waals surface area contributed by atoms with E-state index in [0.717, 1.165) is 53.9 Å². The van der Waals surface area contributed by atoms with Crippen molar-refractivity contribution >= 4 is 5.57 Å². The van der Waals surface area contributed by atoms with Crippen molar-refractivity contribution in [1.29, 1.82) is 5.26 Å². The summed E-state index contributed by atoms with van der Waals surface area (Å²) in [7, 11) is 0. The van der Waals surface area contributed by atoms with Crippen LogP contribution in [0.2, 0.25) is 0 Å². The highest BCUT2D eigenvalue weighted by molar-refractivity contribution is 5.84. The number of hydrogen-bond donors (Lipinski definition) is 0. The first-order chi connectivity index (χ1) is 16.4. The highest BCUT2D eigenvalue weighted by atomic mass is 16.5. The van der Waals surface area contributed by atoms with Crippen LogP contribution in [-0.4, -0.2) is 6.10 Å². The maximum absolute atomic E-state index is 9.88. The second kappa shape index (κ2) is 10.6. The van der Waals surface area contributed by atoms with Crippen molar-refractivity contribution < 1.29 is 9.47 Å². The molecule has 3 aromatic rings. The Morgan fingerprint density at radius 1 is 0.971 bits per heavy atom. The van der Waals surface area contributed by atoms with E-state index in [1.165, 1.54) is 5.56 Å². The Morgan fingerprint density at radius 3 is 2.32 bits per heavy atom. The summed E-state index contributed by atoms with van der Waals surface area (Å²) in [5, 5.41) is 9.88. The van der Waals surface area contributed by atoms with Crippen molar-refractivity contribution in [2.45, 2.75) is 59.2 Å². The highest BCUT2D eigenvalue weighted by Gasteiger charge is 2.29. The molecule has 3 aromatic carbocycles. The zero-order chi connectivity index (χ0) is 24.0. The predicted octanol–water partition coefficient (Wildman–Crippen LogP) is 7.55. The Morgan fingerprint density at radius 2 is 1.65 bits per heavy atom. The Labute approximate surface area is 203 Å². The number of benzene rings is 3. The molecule has 1 unspecified atom stereocenters. The molecule has 0 aromatic heterocycles. The van der Waals surface area contributed by atoms with Crippen LogP contribution < -0.4 is 9.47 Å². The van der Waals surface area contributed by atoms with E-state index in [1.54, 1.807) is 0 Å². The van der Waals surface area contributed by atoms with Crippen molar-refractivity contribution in [2.75, 3.05) is 0 Å². The molecule has 0 fully saturated rings. The van der Waals surface area contributed by atoms with Gasteiger partial charge in [-0.1, -0.05) is 80.6 Å². The van der Waals surface area contributed by atoms with Crippen LogP contribution in [0.25, 0.3) is 5.57 Å². The molecule has 0 bridgehead atoms. The fourth-order valence-corrected chi connectivity index (χ4v) is 4.63. The van der Waals surface area contributed by atoms with E-state index < -0.39 is 0 Å². The molecule has 0 aliphatic heterocycles. The van der Waals surface area contributed by atoms with Crippen LogP contribution in [0.15, 0.2) is 78.9 Å². The minimum atomic E-state index is -0.0886. The molecule has 0 saturated carbocycles. The summed E-state index contributed by atoms with van der Waals surface area (Å²) in [6.45, 7) is 6.90. The van der Waals surface area contributed by atoms with Gasteiger partial charge in [0.25, 0.3) is 0 Å². The van der Waals surface area contributed by atoms with E-state index in [-0.39, 0.29) is 11.5 Å². The lowest BCUT2D eigenvalue weighted by molar-refractivity contribution is 0.206. The van der Waals surface area contributed by atoms with Gasteiger partial charge in [0.1, 0.15) is 18.1 Å². The Bertz CT molecular complexity index is 1170. The molecule has 1 aliphatic rings. The number of allylic oxidation sites excluding steroid dienone is 2. The maximum Gasteiger partial charge on any atom is 0.132 e. The first-order valence-corrected chi connectivity index (χ1v) is 12.1. The van der Waals surface area contributed by atoms with Crippen molar-refractivity contribution in [1.82, 2.24) is 0 Å². The Balaban J connectivity index is 1.53. The van der Waals surface area contributed by atoms with Gasteiger partial charge in [-0.25, -0.2) is 0 Å². The van der Waals surface area contributed by atoms with Gasteiger partial charge in [-0.15, -0.1) is 0 Å². The largest absolute Gasteiger partial charge is 0.491 e. The SMILES string of the molecule is CC(CCCc1ccccc1)Oc1cc2c(c(OCc3ccccc3)c1)C(C#N)=CC(C)(C)C2. The first-order valence-electron chi connectivity index (χ1n) is 12.1. The summed E-state index contributed by atoms with van der Waals surface area (Å²) in [4.78, 5) is 0. The van der Waals surface area contributed by atoms with Gasteiger partial charge in [0.2, 0.25) is 0 Å². The monoisotopic (exact) mass is 451 g/mol. The third-order valence-corrected chi connectivity index (χ3v) is 6.22. The lowest BCUT2D eigenvalue weighted by Gasteiger charge is -2.29. The van der Waals surface area contributed by atoms with E-state index in [0.29, 0.717) is 12.2 Å². The number of rotatable bonds is 9. The molecule has 0 saturated heterocycles. The highest BCUT2D eigenvalue weighted by Crippen LogP contribution is 2.43. The Kier molecular flexibility index (Phi) is 7.38. The molecule has 0 amide bonds. The molecular formula is C31H33NO2. The number of aryl methyl sites for hydroxylation is 1. The van der Waals surface area contributed by atoms with Gasteiger partial charge in [-0.05, 0) is 60.8 Å². The van der Waals surface area contributed by atoms with Crippen LogP contribution in [-0.2, 0) is 19.4 Å². The third-order valence-electron chi connectivity index (χ3n) is 6.22. The van der Waals surface area contributed by atoms with Gasteiger partial charge >= 0.3 is 0 Å². The third kappa shape index (κ3) is 6.08. The molecule has 3 heteroatoms. The summed E-state index contributed by atoms with van der Waals surface area (Å²) in [5.41, 5.74) is 5.06. The summed E-state index contributed by atoms with van der Waals surface area (Å²) >= 11 is 0. The van der Waals surface area contributed by atoms with Gasteiger partial charge in [-0.3, -0.25) is 0 Å². The average Bonchev–Trinajstić information content (AvgIpc) is 2.82. The topological polar surface area (TPSA) is 42.2 Å². The fourth-order valence-electron chi connectivity index (χ4n) is 4.63. The van der Waals surface area contributed by atoms with Crippen molar-refractivity contribution in [3.05, 3.63) is 101 Å². The van der Waals surface area contributed by atoms with Gasteiger partial charge in [-0.2, -0.15) is 5.26 Å². The van der Waals surface area contributed by atoms with Crippen LogP contribution in [0, 0.1) is 16.7 Å². The standard InChI is InChI=1S/C31H33NO2/c1-23(11-10-16-24-12-6-4-7-13-24)34-28-17-26-19-31(2,3)20-27(21-32)30(26)29(18-28)33-22-25-14-8-5-9-15-25/h4-9,12-15,17-18,20,23H,10-11,16,19,22H2,1-3H3. The molecule has 1 atom stereocenters. The van der Waals surface area contributed by atoms with Crippen LogP contribution in [0.3, 0.4) is 0 Å². The average molecular weight is 452 g/mol. The quantitative estimate of drug-likeness (QED) is 0.337. The molecule has 4 rings (SSSR count). The maximum atomic E-state index is 9.88. The van der Waals surface area contributed by atoms with E-state index in [4.69, 9.17) is 9.47 Å².